The van der Waals surface area contributed by atoms with E-state index in [2.05, 4.69) is 5.48 Å². The molecule has 4 nitrogen and oxygen atoms in total. The van der Waals surface area contributed by atoms with Crippen molar-refractivity contribution in [2.45, 2.75) is 6.61 Å². The summed E-state index contributed by atoms with van der Waals surface area (Å²) >= 11 is 0. The van der Waals surface area contributed by atoms with E-state index in [4.69, 9.17) is 9.57 Å². The van der Waals surface area contributed by atoms with Crippen LogP contribution in [-0.4, -0.2) is 13.5 Å². The molecule has 0 saturated carbocycles. The van der Waals surface area contributed by atoms with Crippen molar-refractivity contribution in [2.24, 2.45) is 0 Å². The van der Waals surface area contributed by atoms with Gasteiger partial charge in [-0.05, 0) is 17.7 Å². The Balaban J connectivity index is 2.44. The number of rotatable bonds is 5. The molecule has 0 aromatic heterocycles. The number of benzene rings is 1. The molecule has 0 unspecified atom stereocenters. The van der Waals surface area contributed by atoms with Crippen LogP contribution in [0.5, 0.6) is 5.75 Å². The molecule has 4 heteroatoms. The smallest absolute Gasteiger partial charge is 0.230 e. The molecule has 1 rings (SSSR count). The van der Waals surface area contributed by atoms with Crippen LogP contribution in [0, 0.1) is 0 Å². The highest BCUT2D eigenvalue weighted by atomic mass is 16.6. The first-order valence-electron chi connectivity index (χ1n) is 3.80. The van der Waals surface area contributed by atoms with Gasteiger partial charge in [0.25, 0.3) is 0 Å². The molecule has 0 atom stereocenters. The van der Waals surface area contributed by atoms with Gasteiger partial charge in [0, 0.05) is 0 Å². The van der Waals surface area contributed by atoms with Crippen molar-refractivity contribution in [1.29, 1.82) is 0 Å². The fourth-order valence-electron chi connectivity index (χ4n) is 0.881. The second-order valence-electron chi connectivity index (χ2n) is 2.37. The highest BCUT2D eigenvalue weighted by Gasteiger charge is 1.93. The van der Waals surface area contributed by atoms with Crippen LogP contribution in [0.25, 0.3) is 0 Å². The van der Waals surface area contributed by atoms with E-state index in [-0.39, 0.29) is 0 Å². The van der Waals surface area contributed by atoms with Crippen LogP contribution >= 0.6 is 0 Å². The Morgan fingerprint density at radius 2 is 2.08 bits per heavy atom. The van der Waals surface area contributed by atoms with Gasteiger partial charge in [-0.3, -0.25) is 9.63 Å². The highest BCUT2D eigenvalue weighted by Crippen LogP contribution is 2.11. The summed E-state index contributed by atoms with van der Waals surface area (Å²) in [6, 6.07) is 7.40. The summed E-state index contributed by atoms with van der Waals surface area (Å²) in [6.45, 7) is 0.350. The summed E-state index contributed by atoms with van der Waals surface area (Å²) in [5, 5.41) is 0. The first kappa shape index (κ1) is 9.54. The zero-order valence-electron chi connectivity index (χ0n) is 7.32. The molecule has 1 N–H and O–H groups in total. The van der Waals surface area contributed by atoms with E-state index in [1.807, 2.05) is 24.3 Å². The molecule has 0 aliphatic heterocycles. The predicted molar refractivity (Wildman–Crippen MR) is 47.0 cm³/mol. The number of ether oxygens (including phenoxy) is 1. The number of methoxy groups -OCH3 is 1. The summed E-state index contributed by atoms with van der Waals surface area (Å²) in [4.78, 5) is 14.6. The Morgan fingerprint density at radius 1 is 1.38 bits per heavy atom. The van der Waals surface area contributed by atoms with Gasteiger partial charge in [-0.1, -0.05) is 12.1 Å². The molecule has 0 saturated heterocycles. The maximum Gasteiger partial charge on any atom is 0.230 e. The second-order valence-corrected chi connectivity index (χ2v) is 2.37. The van der Waals surface area contributed by atoms with E-state index in [0.717, 1.165) is 11.3 Å². The fraction of sp³-hybridized carbons (Fsp3) is 0.222. The van der Waals surface area contributed by atoms with Gasteiger partial charge in [-0.15, -0.1) is 0 Å². The summed E-state index contributed by atoms with van der Waals surface area (Å²) < 4.78 is 4.98. The van der Waals surface area contributed by atoms with Gasteiger partial charge in [-0.25, -0.2) is 5.48 Å². The third-order valence-electron chi connectivity index (χ3n) is 1.53. The lowest BCUT2D eigenvalue weighted by Crippen LogP contribution is -2.10. The summed E-state index contributed by atoms with van der Waals surface area (Å²) in [7, 11) is 1.61. The fourth-order valence-corrected chi connectivity index (χ4v) is 0.881. The lowest BCUT2D eigenvalue weighted by molar-refractivity contribution is -0.121. The summed E-state index contributed by atoms with van der Waals surface area (Å²) in [5.74, 6) is 0.798. The molecule has 0 radical (unpaired) electrons. The third-order valence-corrected chi connectivity index (χ3v) is 1.53. The normalized spacial score (nSPS) is 9.31. The number of carbonyl (C=O) groups excluding carboxylic acids is 1. The molecule has 0 fully saturated rings. The molecule has 0 heterocycles. The van der Waals surface area contributed by atoms with Crippen LogP contribution in [0.1, 0.15) is 5.56 Å². The number of amides is 1. The molecule has 70 valence electrons. The van der Waals surface area contributed by atoms with Gasteiger partial charge in [0.1, 0.15) is 5.75 Å². The van der Waals surface area contributed by atoms with Crippen LogP contribution in [-0.2, 0) is 16.2 Å². The Bertz CT molecular complexity index is 258. The summed E-state index contributed by atoms with van der Waals surface area (Å²) in [6.07, 6.45) is 0.490. The Hall–Kier alpha value is -1.55. The van der Waals surface area contributed by atoms with Gasteiger partial charge in [0.2, 0.25) is 6.41 Å². The first-order chi connectivity index (χ1) is 6.36. The lowest BCUT2D eigenvalue weighted by Gasteiger charge is -2.02. The highest BCUT2D eigenvalue weighted by molar-refractivity contribution is 5.43. The number of hydrogen-bond donors (Lipinski definition) is 1. The van der Waals surface area contributed by atoms with Crippen molar-refractivity contribution in [1.82, 2.24) is 5.48 Å². The number of nitrogens with one attached hydrogen (secondary N) is 1. The first-order valence-corrected chi connectivity index (χ1v) is 3.80. The van der Waals surface area contributed by atoms with Crippen molar-refractivity contribution >= 4 is 6.41 Å². The van der Waals surface area contributed by atoms with Crippen LogP contribution in [0.3, 0.4) is 0 Å². The van der Waals surface area contributed by atoms with Crippen molar-refractivity contribution < 1.29 is 14.4 Å². The van der Waals surface area contributed by atoms with Crippen molar-refractivity contribution in [2.75, 3.05) is 7.11 Å². The molecule has 0 aliphatic rings. The largest absolute Gasteiger partial charge is 0.497 e. The molecule has 13 heavy (non-hydrogen) atoms. The van der Waals surface area contributed by atoms with E-state index in [0.29, 0.717) is 13.0 Å². The van der Waals surface area contributed by atoms with Gasteiger partial charge >= 0.3 is 0 Å². The molecule has 0 bridgehead atoms. The second kappa shape index (κ2) is 5.16. The van der Waals surface area contributed by atoms with Crippen molar-refractivity contribution in [3.8, 4) is 5.75 Å². The Kier molecular flexibility index (Phi) is 3.78. The Morgan fingerprint density at radius 3 is 2.62 bits per heavy atom. The minimum Gasteiger partial charge on any atom is -0.497 e. The molecule has 1 aromatic carbocycles. The van der Waals surface area contributed by atoms with Crippen LogP contribution in [0.4, 0.5) is 0 Å². The zero-order chi connectivity index (χ0) is 9.52. The number of hydrogen-bond acceptors (Lipinski definition) is 3. The quantitative estimate of drug-likeness (QED) is 0.416. The molecule has 1 amide bonds. The average Bonchev–Trinajstić information content (AvgIpc) is 2.19. The van der Waals surface area contributed by atoms with Gasteiger partial charge in [0.15, 0.2) is 0 Å². The minimum absolute atomic E-state index is 0.350. The number of hydroxylamine groups is 1. The van der Waals surface area contributed by atoms with E-state index >= 15 is 0 Å². The lowest BCUT2D eigenvalue weighted by atomic mass is 10.2. The van der Waals surface area contributed by atoms with Crippen LogP contribution in [0.15, 0.2) is 24.3 Å². The van der Waals surface area contributed by atoms with Crippen LogP contribution in [0.2, 0.25) is 0 Å². The predicted octanol–water partition coefficient (Wildman–Crippen LogP) is 0.873. The molecule has 0 spiro atoms. The molecule has 0 aliphatic carbocycles. The third kappa shape index (κ3) is 3.13. The standard InChI is InChI=1S/C9H11NO3/c1-12-9-4-2-8(3-5-9)6-13-10-7-11/h2-5,7H,6H2,1H3,(H,10,11). The van der Waals surface area contributed by atoms with E-state index in [1.165, 1.54) is 0 Å². The number of carbonyl (C=O) groups is 1. The summed E-state index contributed by atoms with van der Waals surface area (Å²) in [5.41, 5.74) is 3.08. The molecular formula is C9H11NO3. The molecule has 1 aromatic rings. The average molecular weight is 181 g/mol. The zero-order valence-corrected chi connectivity index (χ0v) is 7.32. The van der Waals surface area contributed by atoms with Crippen molar-refractivity contribution in [3.63, 3.8) is 0 Å². The van der Waals surface area contributed by atoms with Crippen molar-refractivity contribution in [3.05, 3.63) is 29.8 Å². The van der Waals surface area contributed by atoms with Gasteiger partial charge < -0.3 is 4.74 Å². The topological polar surface area (TPSA) is 47.6 Å². The Labute approximate surface area is 76.4 Å². The maximum absolute atomic E-state index is 9.84. The monoisotopic (exact) mass is 181 g/mol. The van der Waals surface area contributed by atoms with Gasteiger partial charge in [-0.2, -0.15) is 0 Å². The minimum atomic E-state index is 0.350. The maximum atomic E-state index is 9.84. The van der Waals surface area contributed by atoms with E-state index in [1.54, 1.807) is 7.11 Å². The SMILES string of the molecule is COc1ccc(CONC=O)cc1. The van der Waals surface area contributed by atoms with Gasteiger partial charge in [0.05, 0.1) is 13.7 Å². The van der Waals surface area contributed by atoms with E-state index < -0.39 is 0 Å². The van der Waals surface area contributed by atoms with Crippen LogP contribution < -0.4 is 10.2 Å². The van der Waals surface area contributed by atoms with E-state index in [9.17, 15) is 4.79 Å². The molecular weight excluding hydrogens is 170 g/mol.